The highest BCUT2D eigenvalue weighted by atomic mass is 14.4. The summed E-state index contributed by atoms with van der Waals surface area (Å²) < 4.78 is 0. The zero-order valence-corrected chi connectivity index (χ0v) is 21.0. The summed E-state index contributed by atoms with van der Waals surface area (Å²) in [5.74, 6) is 0. The summed E-state index contributed by atoms with van der Waals surface area (Å²) in [6.45, 7) is 4.74. The van der Waals surface area contributed by atoms with E-state index in [1.165, 1.54) is 76.5 Å². The average Bonchev–Trinajstić information content (AvgIpc) is 3.18. The molecule has 0 aromatic heterocycles. The molecule has 0 unspecified atom stereocenters. The Hall–Kier alpha value is -4.42. The van der Waals surface area contributed by atoms with Gasteiger partial charge in [0.2, 0.25) is 0 Å². The summed E-state index contributed by atoms with van der Waals surface area (Å²) in [5, 5.41) is 10.8. The molecule has 0 radical (unpaired) electrons. The lowest BCUT2D eigenvalue weighted by atomic mass is 9.81. The Labute approximate surface area is 216 Å². The van der Waals surface area contributed by atoms with Gasteiger partial charge in [-0.3, -0.25) is 0 Å². The molecule has 0 N–H and O–H groups in total. The second kappa shape index (κ2) is 7.31. The molecule has 37 heavy (non-hydrogen) atoms. The smallest absolute Gasteiger partial charge is 0.0159 e. The Morgan fingerprint density at radius 1 is 0.432 bits per heavy atom. The Balaban J connectivity index is 1.61. The van der Waals surface area contributed by atoms with Crippen molar-refractivity contribution in [1.82, 2.24) is 0 Å². The molecule has 1 aliphatic carbocycles. The van der Waals surface area contributed by atoms with Crippen molar-refractivity contribution in [3.05, 3.63) is 132 Å². The molecule has 8 rings (SSSR count). The van der Waals surface area contributed by atoms with E-state index >= 15 is 0 Å². The van der Waals surface area contributed by atoms with Crippen LogP contribution in [0.15, 0.2) is 121 Å². The molecular weight excluding hydrogens is 444 g/mol. The van der Waals surface area contributed by atoms with Crippen LogP contribution in [0.1, 0.15) is 25.0 Å². The Morgan fingerprint density at radius 3 is 1.59 bits per heavy atom. The van der Waals surface area contributed by atoms with Crippen molar-refractivity contribution in [2.75, 3.05) is 0 Å². The molecule has 0 fully saturated rings. The summed E-state index contributed by atoms with van der Waals surface area (Å²) in [7, 11) is 0. The molecular formula is C37H26. The lowest BCUT2D eigenvalue weighted by Crippen LogP contribution is -2.14. The second-order valence-electron chi connectivity index (χ2n) is 10.9. The molecule has 174 valence electrons. The van der Waals surface area contributed by atoms with Crippen molar-refractivity contribution in [2.45, 2.75) is 19.3 Å². The number of hydrogen-bond donors (Lipinski definition) is 0. The van der Waals surface area contributed by atoms with Crippen molar-refractivity contribution >= 4 is 43.1 Å². The maximum atomic E-state index is 2.45. The minimum atomic E-state index is 0.00127. The molecule has 1 aliphatic rings. The van der Waals surface area contributed by atoms with Gasteiger partial charge >= 0.3 is 0 Å². The minimum absolute atomic E-state index is 0.00127. The highest BCUT2D eigenvalue weighted by Gasteiger charge is 2.34. The van der Waals surface area contributed by atoms with Crippen molar-refractivity contribution in [1.29, 1.82) is 0 Å². The Kier molecular flexibility index (Phi) is 4.10. The number of benzene rings is 7. The topological polar surface area (TPSA) is 0 Å². The zero-order chi connectivity index (χ0) is 24.7. The van der Waals surface area contributed by atoms with Gasteiger partial charge in [-0.15, -0.1) is 0 Å². The predicted octanol–water partition coefficient (Wildman–Crippen LogP) is 10.3. The van der Waals surface area contributed by atoms with E-state index in [-0.39, 0.29) is 5.41 Å². The minimum Gasteiger partial charge on any atom is -0.0622 e. The van der Waals surface area contributed by atoms with Gasteiger partial charge in [-0.2, -0.15) is 0 Å². The molecule has 0 heterocycles. The largest absolute Gasteiger partial charge is 0.0622 e. The van der Waals surface area contributed by atoms with Gasteiger partial charge in [0, 0.05) is 5.41 Å². The number of fused-ring (bicyclic) bond motifs is 2. The van der Waals surface area contributed by atoms with Crippen molar-refractivity contribution in [3.8, 4) is 22.3 Å². The molecule has 0 saturated carbocycles. The van der Waals surface area contributed by atoms with E-state index in [2.05, 4.69) is 135 Å². The molecule has 0 spiro atoms. The lowest BCUT2D eigenvalue weighted by Gasteiger charge is -2.21. The first-order chi connectivity index (χ1) is 18.1. The van der Waals surface area contributed by atoms with E-state index in [9.17, 15) is 0 Å². The van der Waals surface area contributed by atoms with Crippen LogP contribution in [0.3, 0.4) is 0 Å². The van der Waals surface area contributed by atoms with Crippen LogP contribution in [0.25, 0.3) is 65.3 Å². The maximum Gasteiger partial charge on any atom is 0.0159 e. The van der Waals surface area contributed by atoms with Crippen LogP contribution in [0, 0.1) is 0 Å². The highest BCUT2D eigenvalue weighted by Crippen LogP contribution is 2.52. The van der Waals surface area contributed by atoms with Crippen LogP contribution in [0.4, 0.5) is 0 Å². The summed E-state index contributed by atoms with van der Waals surface area (Å²) in [5.41, 5.74) is 8.11. The van der Waals surface area contributed by atoms with E-state index in [1.54, 1.807) is 0 Å². The first kappa shape index (κ1) is 20.7. The fourth-order valence-electron chi connectivity index (χ4n) is 6.98. The fraction of sp³-hybridized carbons (Fsp3) is 0.0811. The van der Waals surface area contributed by atoms with Crippen LogP contribution >= 0.6 is 0 Å². The van der Waals surface area contributed by atoms with Gasteiger partial charge < -0.3 is 0 Å². The summed E-state index contributed by atoms with van der Waals surface area (Å²) in [6.07, 6.45) is 0. The maximum absolute atomic E-state index is 2.45. The van der Waals surface area contributed by atoms with Crippen LogP contribution in [0.2, 0.25) is 0 Å². The van der Waals surface area contributed by atoms with E-state index in [0.29, 0.717) is 0 Å². The molecule has 0 amide bonds. The van der Waals surface area contributed by atoms with E-state index < -0.39 is 0 Å². The third-order valence-electron chi connectivity index (χ3n) is 8.61. The standard InChI is InChI=1S/C37H26/c1-37(2)31-20-10-14-24-22-30(29-19-11-21-32(37)36(29)34(24)31)35-27-17-8-6-15-25(27)33(23-12-4-3-5-13-23)26-16-7-9-18-28(26)35/h3-22H,1-2H3. The summed E-state index contributed by atoms with van der Waals surface area (Å²) in [6, 6.07) is 45.0. The normalized spacial score (nSPS) is 13.9. The van der Waals surface area contributed by atoms with Crippen LogP contribution in [-0.4, -0.2) is 0 Å². The van der Waals surface area contributed by atoms with Gasteiger partial charge in [0.25, 0.3) is 0 Å². The lowest BCUT2D eigenvalue weighted by molar-refractivity contribution is 0.663. The first-order valence-corrected chi connectivity index (χ1v) is 13.1. The van der Waals surface area contributed by atoms with Gasteiger partial charge in [0.1, 0.15) is 0 Å². The Bertz CT molecular complexity index is 1980. The van der Waals surface area contributed by atoms with Crippen LogP contribution in [-0.2, 0) is 5.41 Å². The first-order valence-electron chi connectivity index (χ1n) is 13.1. The monoisotopic (exact) mass is 470 g/mol. The van der Waals surface area contributed by atoms with Crippen molar-refractivity contribution in [2.24, 2.45) is 0 Å². The third kappa shape index (κ3) is 2.68. The van der Waals surface area contributed by atoms with Crippen LogP contribution in [0.5, 0.6) is 0 Å². The molecule has 0 nitrogen and oxygen atoms in total. The third-order valence-corrected chi connectivity index (χ3v) is 8.61. The van der Waals surface area contributed by atoms with Gasteiger partial charge in [0.15, 0.2) is 0 Å². The average molecular weight is 471 g/mol. The zero-order valence-electron chi connectivity index (χ0n) is 21.0. The van der Waals surface area contributed by atoms with Gasteiger partial charge in [-0.05, 0) is 82.5 Å². The van der Waals surface area contributed by atoms with Gasteiger partial charge in [-0.25, -0.2) is 0 Å². The molecule has 7 aromatic carbocycles. The highest BCUT2D eigenvalue weighted by molar-refractivity contribution is 6.27. The molecule has 0 aliphatic heterocycles. The van der Waals surface area contributed by atoms with Gasteiger partial charge in [0.05, 0.1) is 0 Å². The van der Waals surface area contributed by atoms with Crippen LogP contribution < -0.4 is 0 Å². The molecule has 0 bridgehead atoms. The molecule has 0 heteroatoms. The van der Waals surface area contributed by atoms with E-state index in [1.807, 2.05) is 0 Å². The van der Waals surface area contributed by atoms with E-state index in [0.717, 1.165) is 0 Å². The SMILES string of the molecule is CC1(C)c2cccc3cc(-c4c5ccccc5c(-c5ccccc5)c5ccccc45)c4cccc1c4c23. The van der Waals surface area contributed by atoms with Gasteiger partial charge in [-0.1, -0.05) is 129 Å². The quantitative estimate of drug-likeness (QED) is 0.174. The second-order valence-corrected chi connectivity index (χ2v) is 10.9. The summed E-state index contributed by atoms with van der Waals surface area (Å²) in [4.78, 5) is 0. The Morgan fingerprint density at radius 2 is 0.946 bits per heavy atom. The summed E-state index contributed by atoms with van der Waals surface area (Å²) >= 11 is 0. The molecule has 7 aromatic rings. The predicted molar refractivity (Wildman–Crippen MR) is 159 cm³/mol. The number of hydrogen-bond acceptors (Lipinski definition) is 0. The molecule has 0 atom stereocenters. The van der Waals surface area contributed by atoms with Crippen molar-refractivity contribution < 1.29 is 0 Å². The van der Waals surface area contributed by atoms with E-state index in [4.69, 9.17) is 0 Å². The fourth-order valence-corrected chi connectivity index (χ4v) is 6.98. The van der Waals surface area contributed by atoms with Crippen molar-refractivity contribution in [3.63, 3.8) is 0 Å². The number of rotatable bonds is 2. The molecule has 0 saturated heterocycles.